The maximum absolute atomic E-state index is 12.2. The molecule has 0 aliphatic carbocycles. The first-order chi connectivity index (χ1) is 11.9. The van der Waals surface area contributed by atoms with Crippen LogP contribution in [0.3, 0.4) is 0 Å². The summed E-state index contributed by atoms with van der Waals surface area (Å²) in [6.45, 7) is 8.14. The average Bonchev–Trinajstić information content (AvgIpc) is 2.55. The number of aromatic nitrogens is 2. The van der Waals surface area contributed by atoms with Crippen molar-refractivity contribution in [2.75, 3.05) is 5.75 Å². The van der Waals surface area contributed by atoms with Crippen LogP contribution >= 0.6 is 11.8 Å². The predicted octanol–water partition coefficient (Wildman–Crippen LogP) is 3.31. The van der Waals surface area contributed by atoms with Crippen LogP contribution in [0.1, 0.15) is 48.7 Å². The number of nitrogens with zero attached hydrogens (tertiary/aromatic N) is 1. The standard InChI is InChI=1S/C19H25N3O2S/c1-5-6-16-10-17(23)22-19(21-16)25-11-18(24)20-14(4)15-8-7-12(2)13(3)9-15/h7-10,14H,5-6,11H2,1-4H3,(H,20,24)(H,21,22,23)/t14-/m1/s1. The summed E-state index contributed by atoms with van der Waals surface area (Å²) in [5, 5.41) is 3.48. The summed E-state index contributed by atoms with van der Waals surface area (Å²) in [5.41, 5.74) is 4.11. The number of aryl methyl sites for hydroxylation is 3. The molecule has 1 atom stereocenters. The second kappa shape index (κ2) is 8.85. The van der Waals surface area contributed by atoms with Crippen LogP contribution in [-0.2, 0) is 11.2 Å². The van der Waals surface area contributed by atoms with E-state index in [0.29, 0.717) is 5.16 Å². The normalized spacial score (nSPS) is 12.0. The van der Waals surface area contributed by atoms with Crippen molar-refractivity contribution >= 4 is 17.7 Å². The highest BCUT2D eigenvalue weighted by Gasteiger charge is 2.11. The van der Waals surface area contributed by atoms with Crippen LogP contribution < -0.4 is 10.9 Å². The molecule has 5 nitrogen and oxygen atoms in total. The highest BCUT2D eigenvalue weighted by molar-refractivity contribution is 7.99. The van der Waals surface area contributed by atoms with Crippen molar-refractivity contribution in [3.63, 3.8) is 0 Å². The second-order valence-electron chi connectivity index (χ2n) is 6.21. The molecule has 134 valence electrons. The Morgan fingerprint density at radius 3 is 2.72 bits per heavy atom. The van der Waals surface area contributed by atoms with Crippen molar-refractivity contribution in [2.45, 2.75) is 51.7 Å². The van der Waals surface area contributed by atoms with Crippen LogP contribution in [0.5, 0.6) is 0 Å². The summed E-state index contributed by atoms with van der Waals surface area (Å²) in [7, 11) is 0. The Bertz CT molecular complexity index is 801. The Morgan fingerprint density at radius 1 is 1.28 bits per heavy atom. The van der Waals surface area contributed by atoms with Crippen molar-refractivity contribution in [2.24, 2.45) is 0 Å². The number of rotatable bonds is 7. The lowest BCUT2D eigenvalue weighted by atomic mass is 10.0. The highest BCUT2D eigenvalue weighted by atomic mass is 32.2. The smallest absolute Gasteiger partial charge is 0.251 e. The fraction of sp³-hybridized carbons (Fsp3) is 0.421. The molecule has 0 fully saturated rings. The summed E-state index contributed by atoms with van der Waals surface area (Å²) in [4.78, 5) is 30.9. The van der Waals surface area contributed by atoms with Crippen molar-refractivity contribution in [1.29, 1.82) is 0 Å². The molecule has 0 unspecified atom stereocenters. The zero-order valence-corrected chi connectivity index (χ0v) is 16.0. The Hall–Kier alpha value is -2.08. The second-order valence-corrected chi connectivity index (χ2v) is 7.18. The Labute approximate surface area is 152 Å². The highest BCUT2D eigenvalue weighted by Crippen LogP contribution is 2.17. The van der Waals surface area contributed by atoms with E-state index in [1.165, 1.54) is 29.0 Å². The van der Waals surface area contributed by atoms with Gasteiger partial charge >= 0.3 is 0 Å². The van der Waals surface area contributed by atoms with Gasteiger partial charge in [-0.1, -0.05) is 43.3 Å². The fourth-order valence-corrected chi connectivity index (χ4v) is 3.18. The molecule has 0 radical (unpaired) electrons. The van der Waals surface area contributed by atoms with E-state index in [2.05, 4.69) is 41.3 Å². The fourth-order valence-electron chi connectivity index (χ4n) is 2.47. The third-order valence-electron chi connectivity index (χ3n) is 4.03. The van der Waals surface area contributed by atoms with E-state index >= 15 is 0 Å². The lowest BCUT2D eigenvalue weighted by molar-refractivity contribution is -0.119. The molecule has 2 rings (SSSR count). The predicted molar refractivity (Wildman–Crippen MR) is 102 cm³/mol. The first-order valence-corrected chi connectivity index (χ1v) is 9.47. The van der Waals surface area contributed by atoms with Crippen LogP contribution in [0.2, 0.25) is 0 Å². The van der Waals surface area contributed by atoms with E-state index in [1.54, 1.807) is 0 Å². The molecule has 0 spiro atoms. The molecule has 0 aliphatic rings. The van der Waals surface area contributed by atoms with Crippen molar-refractivity contribution in [1.82, 2.24) is 15.3 Å². The topological polar surface area (TPSA) is 74.8 Å². The molecule has 2 aromatic rings. The lowest BCUT2D eigenvalue weighted by Gasteiger charge is -2.15. The minimum absolute atomic E-state index is 0.0640. The Balaban J connectivity index is 1.94. The molecule has 0 saturated carbocycles. The monoisotopic (exact) mass is 359 g/mol. The number of thioether (sulfide) groups is 1. The van der Waals surface area contributed by atoms with Crippen molar-refractivity contribution in [3.8, 4) is 0 Å². The summed E-state index contributed by atoms with van der Waals surface area (Å²) in [6, 6.07) is 7.64. The zero-order chi connectivity index (χ0) is 18.4. The van der Waals surface area contributed by atoms with Crippen LogP contribution in [0.4, 0.5) is 0 Å². The number of hydrogen-bond acceptors (Lipinski definition) is 4. The Morgan fingerprint density at radius 2 is 2.04 bits per heavy atom. The first kappa shape index (κ1) is 19.2. The first-order valence-electron chi connectivity index (χ1n) is 8.48. The van der Waals surface area contributed by atoms with Gasteiger partial charge in [-0.2, -0.15) is 0 Å². The molecule has 2 N–H and O–H groups in total. The van der Waals surface area contributed by atoms with E-state index in [4.69, 9.17) is 0 Å². The minimum Gasteiger partial charge on any atom is -0.349 e. The molecule has 1 heterocycles. The summed E-state index contributed by atoms with van der Waals surface area (Å²) >= 11 is 1.25. The van der Waals surface area contributed by atoms with E-state index in [-0.39, 0.29) is 23.3 Å². The lowest BCUT2D eigenvalue weighted by Crippen LogP contribution is -2.28. The van der Waals surface area contributed by atoms with Gasteiger partial charge in [-0.15, -0.1) is 0 Å². The number of hydrogen-bond donors (Lipinski definition) is 2. The molecule has 25 heavy (non-hydrogen) atoms. The number of carbonyl (C=O) groups excluding carboxylic acids is 1. The SMILES string of the molecule is CCCc1cc(=O)[nH]c(SCC(=O)N[C@H](C)c2ccc(C)c(C)c2)n1. The molecule has 0 bridgehead atoms. The molecular formula is C19H25N3O2S. The maximum Gasteiger partial charge on any atom is 0.251 e. The van der Waals surface area contributed by atoms with Crippen LogP contribution in [0.25, 0.3) is 0 Å². The van der Waals surface area contributed by atoms with E-state index < -0.39 is 0 Å². The van der Waals surface area contributed by atoms with Gasteiger partial charge in [0.2, 0.25) is 5.91 Å². The number of benzene rings is 1. The molecule has 1 aromatic heterocycles. The van der Waals surface area contributed by atoms with Crippen LogP contribution in [0.15, 0.2) is 34.2 Å². The number of amides is 1. The van der Waals surface area contributed by atoms with Gasteiger partial charge in [0.1, 0.15) is 0 Å². The van der Waals surface area contributed by atoms with Gasteiger partial charge in [0.15, 0.2) is 5.16 Å². The van der Waals surface area contributed by atoms with E-state index in [9.17, 15) is 9.59 Å². The third-order valence-corrected chi connectivity index (χ3v) is 4.90. The van der Waals surface area contributed by atoms with Gasteiger partial charge in [-0.25, -0.2) is 4.98 Å². The minimum atomic E-state index is -0.176. The molecular weight excluding hydrogens is 334 g/mol. The van der Waals surface area contributed by atoms with Gasteiger partial charge in [-0.3, -0.25) is 9.59 Å². The van der Waals surface area contributed by atoms with E-state index in [1.807, 2.05) is 19.9 Å². The van der Waals surface area contributed by atoms with Crippen LogP contribution in [0, 0.1) is 13.8 Å². The van der Waals surface area contributed by atoms with Gasteiger partial charge in [0, 0.05) is 11.8 Å². The number of nitrogens with one attached hydrogen (secondary N) is 2. The molecule has 6 heteroatoms. The zero-order valence-electron chi connectivity index (χ0n) is 15.2. The van der Waals surface area contributed by atoms with Gasteiger partial charge in [-0.05, 0) is 43.9 Å². The summed E-state index contributed by atoms with van der Waals surface area (Å²) < 4.78 is 0. The number of carbonyl (C=O) groups is 1. The average molecular weight is 359 g/mol. The molecule has 0 saturated heterocycles. The quantitative estimate of drug-likeness (QED) is 0.587. The number of aromatic amines is 1. The third kappa shape index (κ3) is 5.74. The maximum atomic E-state index is 12.2. The van der Waals surface area contributed by atoms with Gasteiger partial charge < -0.3 is 10.3 Å². The molecule has 1 amide bonds. The molecule has 0 aliphatic heterocycles. The van der Waals surface area contributed by atoms with Crippen LogP contribution in [-0.4, -0.2) is 21.6 Å². The summed E-state index contributed by atoms with van der Waals surface area (Å²) in [6.07, 6.45) is 1.68. The molecule has 1 aromatic carbocycles. The van der Waals surface area contributed by atoms with Gasteiger partial charge in [0.05, 0.1) is 11.8 Å². The van der Waals surface area contributed by atoms with Crippen molar-refractivity contribution in [3.05, 3.63) is 57.0 Å². The van der Waals surface area contributed by atoms with E-state index in [0.717, 1.165) is 24.1 Å². The number of H-pyrrole nitrogens is 1. The Kier molecular flexibility index (Phi) is 6.82. The largest absolute Gasteiger partial charge is 0.349 e. The van der Waals surface area contributed by atoms with Gasteiger partial charge in [0.25, 0.3) is 5.56 Å². The van der Waals surface area contributed by atoms with Crippen molar-refractivity contribution < 1.29 is 4.79 Å². The summed E-state index contributed by atoms with van der Waals surface area (Å²) in [5.74, 6) is 0.132.